The molecule has 0 bridgehead atoms. The van der Waals surface area contributed by atoms with Gasteiger partial charge in [-0.25, -0.2) is 14.8 Å². The van der Waals surface area contributed by atoms with Crippen LogP contribution in [0, 0.1) is 34.5 Å². The zero-order chi connectivity index (χ0) is 37.1. The maximum Gasteiger partial charge on any atom is 0.407 e. The average molecular weight is 716 g/mol. The molecule has 4 aliphatic rings. The van der Waals surface area contributed by atoms with E-state index in [0.717, 1.165) is 83.7 Å². The highest BCUT2D eigenvalue weighted by Crippen LogP contribution is 2.59. The largest absolute Gasteiger partial charge is 0.453 e. The summed E-state index contributed by atoms with van der Waals surface area (Å²) in [5.41, 5.74) is 5.81. The van der Waals surface area contributed by atoms with Crippen molar-refractivity contribution in [2.45, 2.75) is 90.8 Å². The number of rotatable bonds is 8. The Bertz CT molecular complexity index is 2110. The maximum absolute atomic E-state index is 13.8. The van der Waals surface area contributed by atoms with Gasteiger partial charge in [-0.2, -0.15) is 0 Å². The molecule has 4 aromatic rings. The number of amides is 3. The lowest BCUT2D eigenvalue weighted by molar-refractivity contribution is -0.136. The van der Waals surface area contributed by atoms with Crippen LogP contribution in [0.25, 0.3) is 22.3 Å². The number of hydrogen-bond acceptors (Lipinski definition) is 6. The molecule has 2 saturated heterocycles. The zero-order valence-corrected chi connectivity index (χ0v) is 31.3. The number of hydrogen-bond donors (Lipinski definition) is 3. The molecule has 2 spiro atoms. The van der Waals surface area contributed by atoms with E-state index in [9.17, 15) is 14.4 Å². The molecule has 3 amide bonds. The second-order valence-electron chi connectivity index (χ2n) is 16.4. The quantitative estimate of drug-likeness (QED) is 0.170. The number of ether oxygens (including phenoxy) is 1. The average Bonchev–Trinajstić information content (AvgIpc) is 3.78. The van der Waals surface area contributed by atoms with E-state index >= 15 is 0 Å². The van der Waals surface area contributed by atoms with Crippen LogP contribution >= 0.6 is 0 Å². The minimum absolute atomic E-state index is 0.00294. The number of aromatic nitrogens is 4. The van der Waals surface area contributed by atoms with Crippen LogP contribution in [0.4, 0.5) is 4.79 Å². The van der Waals surface area contributed by atoms with Crippen molar-refractivity contribution in [1.29, 1.82) is 0 Å². The number of H-pyrrole nitrogens is 2. The molecular formula is C42H49N7O4. The van der Waals surface area contributed by atoms with Crippen molar-refractivity contribution in [2.24, 2.45) is 22.7 Å². The van der Waals surface area contributed by atoms with Crippen molar-refractivity contribution in [1.82, 2.24) is 35.1 Å². The van der Waals surface area contributed by atoms with E-state index < -0.39 is 12.1 Å². The van der Waals surface area contributed by atoms with Crippen LogP contribution in [0.2, 0.25) is 0 Å². The van der Waals surface area contributed by atoms with Crippen LogP contribution in [0.3, 0.4) is 0 Å². The second kappa shape index (κ2) is 13.4. The van der Waals surface area contributed by atoms with Crippen molar-refractivity contribution in [2.75, 3.05) is 20.2 Å². The Morgan fingerprint density at radius 2 is 1.51 bits per heavy atom. The first-order valence-corrected chi connectivity index (χ1v) is 19.1. The van der Waals surface area contributed by atoms with Gasteiger partial charge in [0, 0.05) is 30.1 Å². The lowest BCUT2D eigenvalue weighted by atomic mass is 10.0. The zero-order valence-electron chi connectivity index (χ0n) is 31.3. The maximum atomic E-state index is 13.8. The van der Waals surface area contributed by atoms with E-state index in [1.807, 2.05) is 62.2 Å². The van der Waals surface area contributed by atoms with Crippen LogP contribution in [0.15, 0.2) is 48.7 Å². The fraction of sp³-hybridized carbons (Fsp3) is 0.500. The third-order valence-electron chi connectivity index (χ3n) is 12.2. The molecule has 0 radical (unpaired) electrons. The molecule has 4 atom stereocenters. The van der Waals surface area contributed by atoms with Gasteiger partial charge in [0.1, 0.15) is 17.7 Å². The molecule has 3 N–H and O–H groups in total. The molecule has 8 rings (SSSR count). The number of benzene rings is 2. The minimum atomic E-state index is -0.680. The third-order valence-corrected chi connectivity index (χ3v) is 12.2. The Balaban J connectivity index is 0.965. The van der Waals surface area contributed by atoms with Gasteiger partial charge in [0.2, 0.25) is 11.8 Å². The number of methoxy groups -OCH3 is 1. The van der Waals surface area contributed by atoms with Gasteiger partial charge >= 0.3 is 6.09 Å². The predicted molar refractivity (Wildman–Crippen MR) is 201 cm³/mol. The van der Waals surface area contributed by atoms with Gasteiger partial charge in [0.05, 0.1) is 42.1 Å². The van der Waals surface area contributed by atoms with Crippen LogP contribution in [-0.4, -0.2) is 73.9 Å². The summed E-state index contributed by atoms with van der Waals surface area (Å²) in [7, 11) is 1.31. The Kier molecular flexibility index (Phi) is 8.83. The van der Waals surface area contributed by atoms with Crippen LogP contribution in [-0.2, 0) is 14.3 Å². The molecule has 2 aromatic carbocycles. The number of likely N-dealkylation sites (tertiary alicyclic amines) is 2. The van der Waals surface area contributed by atoms with Gasteiger partial charge < -0.3 is 29.8 Å². The van der Waals surface area contributed by atoms with Crippen molar-refractivity contribution < 1.29 is 19.1 Å². The SMILES string of the molecule is CC[C@H](C)C(=O)N1CC2(CC2)C[C@H]1c1ncc(-c2ccc(C#Cc3ccc4nc([C@@H]5CC6(CC6)CN5C(=O)[C@@H](NC(=O)OC)C(C)C)[nH]c4c3)cc2)[nH]1. The Labute approximate surface area is 310 Å². The first-order chi connectivity index (χ1) is 25.5. The van der Waals surface area contributed by atoms with E-state index in [0.29, 0.717) is 6.54 Å². The molecule has 4 heterocycles. The lowest BCUT2D eigenvalue weighted by Gasteiger charge is -2.30. The number of carbonyl (C=O) groups excluding carboxylic acids is 3. The van der Waals surface area contributed by atoms with Gasteiger partial charge in [0.25, 0.3) is 0 Å². The molecule has 2 aliphatic carbocycles. The lowest BCUT2D eigenvalue weighted by Crippen LogP contribution is -2.51. The first-order valence-electron chi connectivity index (χ1n) is 19.1. The highest BCUT2D eigenvalue weighted by molar-refractivity contribution is 5.87. The highest BCUT2D eigenvalue weighted by Gasteiger charge is 2.56. The topological polar surface area (TPSA) is 136 Å². The Morgan fingerprint density at radius 3 is 2.13 bits per heavy atom. The van der Waals surface area contributed by atoms with Crippen molar-refractivity contribution in [3.05, 3.63) is 71.4 Å². The van der Waals surface area contributed by atoms with Gasteiger partial charge in [-0.3, -0.25) is 9.59 Å². The number of imidazole rings is 2. The molecule has 2 saturated carbocycles. The van der Waals surface area contributed by atoms with E-state index in [-0.39, 0.29) is 46.6 Å². The first kappa shape index (κ1) is 34.9. The molecule has 2 aromatic heterocycles. The fourth-order valence-electron chi connectivity index (χ4n) is 8.27. The summed E-state index contributed by atoms with van der Waals surface area (Å²) < 4.78 is 4.81. The molecule has 11 nitrogen and oxygen atoms in total. The van der Waals surface area contributed by atoms with Crippen molar-refractivity contribution in [3.63, 3.8) is 0 Å². The fourth-order valence-corrected chi connectivity index (χ4v) is 8.27. The van der Waals surface area contributed by atoms with Crippen molar-refractivity contribution >= 4 is 28.9 Å². The number of fused-ring (bicyclic) bond motifs is 1. The molecule has 2 aliphatic heterocycles. The highest BCUT2D eigenvalue weighted by atomic mass is 16.5. The summed E-state index contributed by atoms with van der Waals surface area (Å²) in [4.78, 5) is 59.9. The normalized spacial score (nSPS) is 21.8. The second-order valence-corrected chi connectivity index (χ2v) is 16.4. The number of alkyl carbamates (subject to hydrolysis) is 1. The molecule has 11 heteroatoms. The monoisotopic (exact) mass is 715 g/mol. The summed E-state index contributed by atoms with van der Waals surface area (Å²) in [6.07, 6.45) is 8.51. The standard InChI is InChI=1S/C42H49N7O4/c1-6-26(4)38(50)48-23-41(15-16-41)20-33(48)36-43-22-32(46-36)29-12-9-27(10-13-29)7-8-28-11-14-30-31(19-28)45-37(44-30)34-21-42(17-18-42)24-49(34)39(51)35(25(2)3)47-40(52)53-5/h9-14,19,22,25-26,33-35H,6,15-18,20-21,23-24H2,1-5H3,(H,43,46)(H,44,45)(H,47,52)/t26-,33-,34-,35-/m0/s1. The van der Waals surface area contributed by atoms with E-state index in [2.05, 4.69) is 51.1 Å². The smallest absolute Gasteiger partial charge is 0.407 e. The summed E-state index contributed by atoms with van der Waals surface area (Å²) >= 11 is 0. The van der Waals surface area contributed by atoms with E-state index in [1.54, 1.807) is 0 Å². The van der Waals surface area contributed by atoms with Gasteiger partial charge in [0.15, 0.2) is 0 Å². The van der Waals surface area contributed by atoms with Crippen LogP contribution < -0.4 is 5.32 Å². The third kappa shape index (κ3) is 6.80. The van der Waals surface area contributed by atoms with Crippen LogP contribution in [0.5, 0.6) is 0 Å². The molecule has 276 valence electrons. The predicted octanol–water partition coefficient (Wildman–Crippen LogP) is 6.89. The molecule has 53 heavy (non-hydrogen) atoms. The number of aromatic amines is 2. The van der Waals surface area contributed by atoms with E-state index in [4.69, 9.17) is 14.7 Å². The van der Waals surface area contributed by atoms with Gasteiger partial charge in [-0.05, 0) is 97.6 Å². The van der Waals surface area contributed by atoms with Gasteiger partial charge in [-0.15, -0.1) is 0 Å². The Morgan fingerprint density at radius 1 is 0.887 bits per heavy atom. The van der Waals surface area contributed by atoms with Crippen LogP contribution in [0.1, 0.15) is 108 Å². The Hall–Kier alpha value is -5.11. The molecule has 4 fully saturated rings. The summed E-state index contributed by atoms with van der Waals surface area (Å²) in [6.45, 7) is 9.46. The number of nitrogens with zero attached hydrogens (tertiary/aromatic N) is 4. The molecular weight excluding hydrogens is 667 g/mol. The summed E-state index contributed by atoms with van der Waals surface area (Å²) in [5, 5.41) is 2.75. The summed E-state index contributed by atoms with van der Waals surface area (Å²) in [5.74, 6) is 8.29. The molecule has 0 unspecified atom stereocenters. The van der Waals surface area contributed by atoms with Gasteiger partial charge in [-0.1, -0.05) is 51.7 Å². The van der Waals surface area contributed by atoms with Crippen molar-refractivity contribution in [3.8, 4) is 23.1 Å². The summed E-state index contributed by atoms with van der Waals surface area (Å²) in [6, 6.07) is 13.2. The number of carbonyl (C=O) groups is 3. The van der Waals surface area contributed by atoms with E-state index in [1.165, 1.54) is 20.0 Å². The minimum Gasteiger partial charge on any atom is -0.453 e. The number of nitrogens with one attached hydrogen (secondary N) is 3.